The van der Waals surface area contributed by atoms with Crippen molar-refractivity contribution in [2.75, 3.05) is 0 Å². The highest BCUT2D eigenvalue weighted by molar-refractivity contribution is 5.93. The maximum absolute atomic E-state index is 12.8. The molecule has 0 aliphatic heterocycles. The molecule has 3 N–H and O–H groups in total. The number of amides is 1. The fraction of sp³-hybridized carbons (Fsp3) is 0.115. The van der Waals surface area contributed by atoms with E-state index in [1.807, 2.05) is 0 Å². The average Bonchev–Trinajstić information content (AvgIpc) is 3.25. The Hall–Kier alpha value is -4.60. The molecule has 3 aromatic carbocycles. The molecule has 1 heterocycles. The highest BCUT2D eigenvalue weighted by Crippen LogP contribution is 2.31. The summed E-state index contributed by atoms with van der Waals surface area (Å²) in [5.41, 5.74) is 1.33. The molecule has 0 bridgehead atoms. The van der Waals surface area contributed by atoms with Crippen molar-refractivity contribution in [1.82, 2.24) is 15.1 Å². The summed E-state index contributed by atoms with van der Waals surface area (Å²) in [5.74, 6) is -2.09. The number of para-hydroxylation sites is 1. The molecule has 7 nitrogen and oxygen atoms in total. The molecule has 4 rings (SSSR count). The molecule has 36 heavy (non-hydrogen) atoms. The van der Waals surface area contributed by atoms with E-state index in [-0.39, 0.29) is 11.6 Å². The molecule has 1 amide bonds. The van der Waals surface area contributed by atoms with Crippen molar-refractivity contribution in [3.05, 3.63) is 102 Å². The first-order valence-corrected chi connectivity index (χ1v) is 10.8. The summed E-state index contributed by atoms with van der Waals surface area (Å²) in [7, 11) is 0. The number of aliphatic carboxylic acids is 1. The number of nitrogens with one attached hydrogen (secondary N) is 1. The van der Waals surface area contributed by atoms with Crippen molar-refractivity contribution in [2.45, 2.75) is 18.6 Å². The Labute approximate surface area is 203 Å². The van der Waals surface area contributed by atoms with E-state index in [4.69, 9.17) is 0 Å². The van der Waals surface area contributed by atoms with Gasteiger partial charge in [0.2, 0.25) is 5.88 Å². The highest BCUT2D eigenvalue weighted by atomic mass is 19.4. The first-order valence-electron chi connectivity index (χ1n) is 10.8. The smallest absolute Gasteiger partial charge is 0.416 e. The third-order valence-electron chi connectivity index (χ3n) is 5.47. The van der Waals surface area contributed by atoms with Gasteiger partial charge in [0.25, 0.3) is 5.91 Å². The Bertz CT molecular complexity index is 1370. The van der Waals surface area contributed by atoms with Crippen LogP contribution in [0.2, 0.25) is 0 Å². The van der Waals surface area contributed by atoms with Crippen LogP contribution < -0.4 is 5.32 Å². The second-order valence-electron chi connectivity index (χ2n) is 7.96. The first kappa shape index (κ1) is 24.5. The lowest BCUT2D eigenvalue weighted by Crippen LogP contribution is -2.30. The number of benzene rings is 3. The maximum Gasteiger partial charge on any atom is 0.416 e. The summed E-state index contributed by atoms with van der Waals surface area (Å²) in [4.78, 5) is 24.3. The lowest BCUT2D eigenvalue weighted by Gasteiger charge is -2.17. The zero-order valence-electron chi connectivity index (χ0n) is 18.6. The molecular weight excluding hydrogens is 475 g/mol. The zero-order chi connectivity index (χ0) is 25.9. The van der Waals surface area contributed by atoms with E-state index in [1.54, 1.807) is 54.6 Å². The van der Waals surface area contributed by atoms with Crippen molar-refractivity contribution in [3.63, 3.8) is 0 Å². The van der Waals surface area contributed by atoms with Gasteiger partial charge < -0.3 is 15.5 Å². The Morgan fingerprint density at radius 3 is 2.06 bits per heavy atom. The van der Waals surface area contributed by atoms with Crippen molar-refractivity contribution < 1.29 is 33.0 Å². The van der Waals surface area contributed by atoms with Crippen LogP contribution in [-0.2, 0) is 11.0 Å². The normalized spacial score (nSPS) is 12.2. The van der Waals surface area contributed by atoms with E-state index in [2.05, 4.69) is 10.4 Å². The molecule has 0 saturated carbocycles. The third kappa shape index (κ3) is 5.54. The minimum atomic E-state index is -4.43. The predicted molar refractivity (Wildman–Crippen MR) is 125 cm³/mol. The quantitative estimate of drug-likeness (QED) is 0.327. The van der Waals surface area contributed by atoms with E-state index < -0.39 is 36.1 Å². The molecule has 0 aliphatic rings. The SMILES string of the molecule is O=C(O)CC(NC(=O)c1cc(O)n(-c2ccccc2)n1)c1ccc(-c2ccc(C(F)(F)F)cc2)cc1. The van der Waals surface area contributed by atoms with Gasteiger partial charge >= 0.3 is 12.1 Å². The van der Waals surface area contributed by atoms with Gasteiger partial charge in [-0.1, -0.05) is 54.6 Å². The first-order chi connectivity index (χ1) is 17.1. The monoisotopic (exact) mass is 495 g/mol. The van der Waals surface area contributed by atoms with Gasteiger partial charge in [-0.25, -0.2) is 4.68 Å². The van der Waals surface area contributed by atoms with Crippen LogP contribution in [0.5, 0.6) is 5.88 Å². The van der Waals surface area contributed by atoms with Crippen LogP contribution in [0.4, 0.5) is 13.2 Å². The number of hydrogen-bond acceptors (Lipinski definition) is 4. The van der Waals surface area contributed by atoms with Crippen LogP contribution in [0, 0.1) is 0 Å². The number of carbonyl (C=O) groups excluding carboxylic acids is 1. The van der Waals surface area contributed by atoms with E-state index in [9.17, 15) is 33.0 Å². The number of aromatic nitrogens is 2. The fourth-order valence-electron chi connectivity index (χ4n) is 3.66. The highest BCUT2D eigenvalue weighted by Gasteiger charge is 2.30. The number of nitrogens with zero attached hydrogens (tertiary/aromatic N) is 2. The van der Waals surface area contributed by atoms with Crippen LogP contribution in [0.1, 0.15) is 34.1 Å². The maximum atomic E-state index is 12.8. The van der Waals surface area contributed by atoms with Crippen LogP contribution >= 0.6 is 0 Å². The molecule has 0 saturated heterocycles. The van der Waals surface area contributed by atoms with Gasteiger partial charge in [-0.15, -0.1) is 0 Å². The Morgan fingerprint density at radius 1 is 0.917 bits per heavy atom. The minimum absolute atomic E-state index is 0.104. The van der Waals surface area contributed by atoms with Crippen molar-refractivity contribution in [1.29, 1.82) is 0 Å². The number of rotatable bonds is 7. The summed E-state index contributed by atoms with van der Waals surface area (Å²) >= 11 is 0. The van der Waals surface area contributed by atoms with Crippen molar-refractivity contribution in [2.24, 2.45) is 0 Å². The molecule has 4 aromatic rings. The third-order valence-corrected chi connectivity index (χ3v) is 5.47. The molecule has 0 fully saturated rings. The minimum Gasteiger partial charge on any atom is -0.493 e. The molecule has 1 atom stereocenters. The van der Waals surface area contributed by atoms with Crippen LogP contribution in [-0.4, -0.2) is 31.9 Å². The molecular formula is C26H20F3N3O4. The molecule has 1 unspecified atom stereocenters. The number of halogens is 3. The topological polar surface area (TPSA) is 104 Å². The molecule has 0 spiro atoms. The Kier molecular flexibility index (Phi) is 6.77. The second kappa shape index (κ2) is 9.95. The van der Waals surface area contributed by atoms with Gasteiger partial charge in [0.05, 0.1) is 23.7 Å². The number of carbonyl (C=O) groups is 2. The second-order valence-corrected chi connectivity index (χ2v) is 7.96. The standard InChI is InChI=1S/C26H20F3N3O4/c27-26(28,29)19-12-10-17(11-13-19)16-6-8-18(9-7-16)21(15-24(34)35)30-25(36)22-14-23(33)32(31-22)20-4-2-1-3-5-20/h1-14,21,33H,15H2,(H,30,36)(H,34,35). The van der Waals surface area contributed by atoms with Gasteiger partial charge in [0.15, 0.2) is 5.69 Å². The number of carboxylic acids is 1. The summed E-state index contributed by atoms with van der Waals surface area (Å²) in [6, 6.07) is 20.1. The number of aromatic hydroxyl groups is 1. The Balaban J connectivity index is 1.53. The van der Waals surface area contributed by atoms with Crippen molar-refractivity contribution in [3.8, 4) is 22.7 Å². The summed E-state index contributed by atoms with van der Waals surface area (Å²) in [6.45, 7) is 0. The van der Waals surface area contributed by atoms with Gasteiger partial charge in [0, 0.05) is 6.07 Å². The lowest BCUT2D eigenvalue weighted by atomic mass is 9.98. The van der Waals surface area contributed by atoms with Crippen molar-refractivity contribution >= 4 is 11.9 Å². The van der Waals surface area contributed by atoms with E-state index in [0.29, 0.717) is 22.4 Å². The fourth-order valence-corrected chi connectivity index (χ4v) is 3.66. The lowest BCUT2D eigenvalue weighted by molar-refractivity contribution is -0.138. The average molecular weight is 495 g/mol. The largest absolute Gasteiger partial charge is 0.493 e. The molecule has 1 aromatic heterocycles. The molecule has 184 valence electrons. The van der Waals surface area contributed by atoms with E-state index in [1.165, 1.54) is 22.9 Å². The van der Waals surface area contributed by atoms with E-state index in [0.717, 1.165) is 12.1 Å². The van der Waals surface area contributed by atoms with Gasteiger partial charge in [-0.2, -0.15) is 18.3 Å². The Morgan fingerprint density at radius 2 is 1.50 bits per heavy atom. The van der Waals surface area contributed by atoms with Crippen LogP contribution in [0.3, 0.4) is 0 Å². The van der Waals surface area contributed by atoms with Gasteiger partial charge in [-0.3, -0.25) is 9.59 Å². The number of carboxylic acid groups (broad SMARTS) is 1. The molecule has 10 heteroatoms. The molecule has 0 radical (unpaired) electrons. The summed E-state index contributed by atoms with van der Waals surface area (Å²) in [5, 5.41) is 26.3. The summed E-state index contributed by atoms with van der Waals surface area (Å²) in [6.07, 6.45) is -4.85. The van der Waals surface area contributed by atoms with Crippen LogP contribution in [0.25, 0.3) is 16.8 Å². The van der Waals surface area contributed by atoms with Gasteiger partial charge in [0.1, 0.15) is 0 Å². The zero-order valence-corrected chi connectivity index (χ0v) is 18.6. The predicted octanol–water partition coefficient (Wildman–Crippen LogP) is 5.21. The molecule has 0 aliphatic carbocycles. The summed E-state index contributed by atoms with van der Waals surface area (Å²) < 4.78 is 39.6. The number of alkyl halides is 3. The van der Waals surface area contributed by atoms with E-state index >= 15 is 0 Å². The number of hydrogen-bond donors (Lipinski definition) is 3. The van der Waals surface area contributed by atoms with Gasteiger partial charge in [-0.05, 0) is 41.0 Å². The van der Waals surface area contributed by atoms with Crippen LogP contribution in [0.15, 0.2) is 84.9 Å².